The van der Waals surface area contributed by atoms with Gasteiger partial charge in [0.15, 0.2) is 11.4 Å². The molecule has 6 N–H and O–H groups in total. The summed E-state index contributed by atoms with van der Waals surface area (Å²) in [6, 6.07) is 0. The molecule has 0 radical (unpaired) electrons. The van der Waals surface area contributed by atoms with Crippen LogP contribution in [0.1, 0.15) is 45.2 Å². The Morgan fingerprint density at radius 3 is 2.51 bits per heavy atom. The maximum atomic E-state index is 12.3. The molecular formula is C20H24N8O6S. The summed E-state index contributed by atoms with van der Waals surface area (Å²) in [7, 11) is 0. The average molecular weight is 505 g/mol. The number of carbonyl (C=O) groups is 4. The first kappa shape index (κ1) is 25.5. The van der Waals surface area contributed by atoms with Crippen LogP contribution in [-0.4, -0.2) is 58.2 Å². The van der Waals surface area contributed by atoms with Gasteiger partial charge in [-0.25, -0.2) is 15.0 Å². The fourth-order valence-electron chi connectivity index (χ4n) is 2.56. The highest BCUT2D eigenvalue weighted by atomic mass is 32.1. The van der Waals surface area contributed by atoms with E-state index in [2.05, 4.69) is 36.2 Å². The highest BCUT2D eigenvalue weighted by Gasteiger charge is 2.17. The predicted octanol–water partition coefficient (Wildman–Crippen LogP) is -0.453. The molecule has 4 amide bonds. The molecule has 3 aromatic rings. The van der Waals surface area contributed by atoms with E-state index < -0.39 is 11.8 Å². The largest absolute Gasteiger partial charge is 0.446 e. The monoisotopic (exact) mass is 504 g/mol. The van der Waals surface area contributed by atoms with Crippen molar-refractivity contribution in [2.24, 2.45) is 5.73 Å². The fourth-order valence-corrected chi connectivity index (χ4v) is 3.28. The topological polar surface area (TPSA) is 207 Å². The number of thiazole rings is 1. The first-order chi connectivity index (χ1) is 16.9. The Labute approximate surface area is 203 Å². The van der Waals surface area contributed by atoms with E-state index in [1.165, 1.54) is 24.5 Å². The van der Waals surface area contributed by atoms with Crippen LogP contribution in [-0.2, 0) is 22.7 Å². The average Bonchev–Trinajstić information content (AvgIpc) is 3.60. The van der Waals surface area contributed by atoms with Gasteiger partial charge >= 0.3 is 0 Å². The predicted molar refractivity (Wildman–Crippen MR) is 122 cm³/mol. The Kier molecular flexibility index (Phi) is 9.02. The van der Waals surface area contributed by atoms with Crippen LogP contribution in [0.25, 0.3) is 11.6 Å². The lowest BCUT2D eigenvalue weighted by Gasteiger charge is -2.04. The van der Waals surface area contributed by atoms with E-state index >= 15 is 0 Å². The maximum absolute atomic E-state index is 12.3. The highest BCUT2D eigenvalue weighted by Crippen LogP contribution is 2.18. The Bertz CT molecular complexity index is 1190. The third-order valence-electron chi connectivity index (χ3n) is 4.29. The smallest absolute Gasteiger partial charge is 0.273 e. The van der Waals surface area contributed by atoms with E-state index in [9.17, 15) is 19.2 Å². The minimum absolute atomic E-state index is 0.0454. The molecule has 0 aliphatic rings. The van der Waals surface area contributed by atoms with Crippen LogP contribution in [0.3, 0.4) is 0 Å². The highest BCUT2D eigenvalue weighted by molar-refractivity contribution is 7.09. The summed E-state index contributed by atoms with van der Waals surface area (Å²) in [5.74, 6) is -1.32. The summed E-state index contributed by atoms with van der Waals surface area (Å²) in [5.41, 5.74) is 5.85. The standard InChI is InChI=1S/C20H24N8O6S/c1-11(29)23-6-16-26-13(9-33-16)20-28-12(8-34-20)18(31)25-5-15(30)24-7-17-27-14(10-35-17)19(32)22-4-2-3-21/h8-10H,2-7,21H2,1H3,(H,22,32)(H,23,29)(H,24,30)(H,25,31). The van der Waals surface area contributed by atoms with Crippen molar-refractivity contribution < 1.29 is 28.0 Å². The molecule has 0 saturated heterocycles. The third kappa shape index (κ3) is 7.72. The number of carbonyl (C=O) groups excluding carboxylic acids is 4. The van der Waals surface area contributed by atoms with E-state index in [1.807, 2.05) is 0 Å². The van der Waals surface area contributed by atoms with Crippen molar-refractivity contribution in [2.75, 3.05) is 19.6 Å². The SMILES string of the molecule is CC(=O)NCc1nc(-c2nc(C(=O)NCC(=O)NCc3nc(C(=O)NCCCN)cs3)co2)co1. The zero-order chi connectivity index (χ0) is 25.2. The number of oxazole rings is 2. The molecule has 0 bridgehead atoms. The second-order valence-electron chi connectivity index (χ2n) is 7.06. The first-order valence-corrected chi connectivity index (χ1v) is 11.4. The van der Waals surface area contributed by atoms with Crippen molar-refractivity contribution in [3.8, 4) is 11.6 Å². The summed E-state index contributed by atoms with van der Waals surface area (Å²) in [5, 5.41) is 12.4. The Balaban J connectivity index is 1.42. The van der Waals surface area contributed by atoms with Gasteiger partial charge < -0.3 is 35.8 Å². The molecule has 0 aliphatic carbocycles. The van der Waals surface area contributed by atoms with Crippen molar-refractivity contribution >= 4 is 35.0 Å². The zero-order valence-electron chi connectivity index (χ0n) is 18.8. The summed E-state index contributed by atoms with van der Waals surface area (Å²) >= 11 is 1.23. The number of rotatable bonds is 12. The van der Waals surface area contributed by atoms with Gasteiger partial charge in [0, 0.05) is 18.8 Å². The van der Waals surface area contributed by atoms with E-state index in [0.29, 0.717) is 24.5 Å². The molecule has 0 atom stereocenters. The fraction of sp³-hybridized carbons (Fsp3) is 0.350. The van der Waals surface area contributed by atoms with Gasteiger partial charge in [-0.05, 0) is 13.0 Å². The molecule has 0 aliphatic heterocycles. The summed E-state index contributed by atoms with van der Waals surface area (Å²) < 4.78 is 10.5. The molecule has 35 heavy (non-hydrogen) atoms. The van der Waals surface area contributed by atoms with Crippen LogP contribution >= 0.6 is 11.3 Å². The summed E-state index contributed by atoms with van der Waals surface area (Å²) in [6.45, 7) is 2.21. The summed E-state index contributed by atoms with van der Waals surface area (Å²) in [6.07, 6.45) is 3.08. The first-order valence-electron chi connectivity index (χ1n) is 10.5. The van der Waals surface area contributed by atoms with Crippen LogP contribution in [0.15, 0.2) is 26.7 Å². The van der Waals surface area contributed by atoms with Crippen molar-refractivity contribution in [1.29, 1.82) is 0 Å². The van der Waals surface area contributed by atoms with Gasteiger partial charge in [0.05, 0.1) is 19.6 Å². The van der Waals surface area contributed by atoms with Crippen molar-refractivity contribution in [3.63, 3.8) is 0 Å². The van der Waals surface area contributed by atoms with Crippen LogP contribution in [0, 0.1) is 0 Å². The minimum Gasteiger partial charge on any atom is -0.446 e. The molecule has 15 heteroatoms. The molecule has 0 aromatic carbocycles. The van der Waals surface area contributed by atoms with Gasteiger partial charge in [-0.2, -0.15) is 0 Å². The molecule has 14 nitrogen and oxygen atoms in total. The molecule has 0 unspecified atom stereocenters. The molecule has 0 fully saturated rings. The van der Waals surface area contributed by atoms with Gasteiger partial charge in [0.25, 0.3) is 11.8 Å². The number of hydrogen-bond acceptors (Lipinski definition) is 11. The minimum atomic E-state index is -0.622. The molecule has 3 heterocycles. The maximum Gasteiger partial charge on any atom is 0.273 e. The van der Waals surface area contributed by atoms with Gasteiger partial charge in [0.1, 0.15) is 23.2 Å². The van der Waals surface area contributed by atoms with E-state index in [0.717, 1.165) is 6.26 Å². The molecule has 186 valence electrons. The van der Waals surface area contributed by atoms with E-state index in [-0.39, 0.29) is 60.3 Å². The molecule has 3 aromatic heterocycles. The third-order valence-corrected chi connectivity index (χ3v) is 5.14. The van der Waals surface area contributed by atoms with Gasteiger partial charge in [-0.15, -0.1) is 11.3 Å². The van der Waals surface area contributed by atoms with E-state index in [4.69, 9.17) is 14.6 Å². The number of nitrogens with one attached hydrogen (secondary N) is 4. The van der Waals surface area contributed by atoms with Crippen molar-refractivity contribution in [3.05, 3.63) is 40.2 Å². The molecule has 3 rings (SSSR count). The number of hydrogen-bond donors (Lipinski definition) is 5. The lowest BCUT2D eigenvalue weighted by molar-refractivity contribution is -0.120. The number of nitrogens with two attached hydrogens (primary N) is 1. The van der Waals surface area contributed by atoms with Crippen molar-refractivity contribution in [2.45, 2.75) is 26.4 Å². The second-order valence-corrected chi connectivity index (χ2v) is 8.00. The Morgan fingerprint density at radius 2 is 1.74 bits per heavy atom. The van der Waals surface area contributed by atoms with Gasteiger partial charge in [0.2, 0.25) is 23.6 Å². The van der Waals surface area contributed by atoms with Crippen LogP contribution in [0.4, 0.5) is 0 Å². The van der Waals surface area contributed by atoms with E-state index in [1.54, 1.807) is 5.38 Å². The van der Waals surface area contributed by atoms with Crippen LogP contribution < -0.4 is 27.0 Å². The number of nitrogens with zero attached hydrogens (tertiary/aromatic N) is 3. The summed E-state index contributed by atoms with van der Waals surface area (Å²) in [4.78, 5) is 59.6. The number of amides is 4. The molecule has 0 spiro atoms. The molecular weight excluding hydrogens is 480 g/mol. The number of aromatic nitrogens is 3. The Morgan fingerprint density at radius 1 is 0.943 bits per heavy atom. The lowest BCUT2D eigenvalue weighted by atomic mass is 10.4. The quantitative estimate of drug-likeness (QED) is 0.201. The molecule has 0 saturated carbocycles. The Hall–Kier alpha value is -4.11. The second kappa shape index (κ2) is 12.4. The van der Waals surface area contributed by atoms with Crippen LogP contribution in [0.5, 0.6) is 0 Å². The van der Waals surface area contributed by atoms with Crippen molar-refractivity contribution in [1.82, 2.24) is 36.2 Å². The van der Waals surface area contributed by atoms with Crippen LogP contribution in [0.2, 0.25) is 0 Å². The normalized spacial score (nSPS) is 10.6. The van der Waals surface area contributed by atoms with Gasteiger partial charge in [-0.1, -0.05) is 0 Å². The zero-order valence-corrected chi connectivity index (χ0v) is 19.6. The lowest BCUT2D eigenvalue weighted by Crippen LogP contribution is -2.36. The van der Waals surface area contributed by atoms with Gasteiger partial charge in [-0.3, -0.25) is 19.2 Å².